The molecule has 7 nitrogen and oxygen atoms in total. The van der Waals surface area contributed by atoms with Gasteiger partial charge in [0.15, 0.2) is 6.10 Å². The van der Waals surface area contributed by atoms with Gasteiger partial charge >= 0.3 is 17.9 Å². The van der Waals surface area contributed by atoms with E-state index in [0.717, 1.165) is 0 Å². The largest absolute Gasteiger partial charge is 0.456 e. The monoisotopic (exact) mass is 260 g/mol. The van der Waals surface area contributed by atoms with Crippen molar-refractivity contribution >= 4 is 17.9 Å². The molecule has 1 saturated heterocycles. The van der Waals surface area contributed by atoms with Gasteiger partial charge < -0.3 is 18.9 Å². The molecule has 1 rings (SSSR count). The molecule has 0 amide bonds. The fourth-order valence-corrected chi connectivity index (χ4v) is 1.72. The Kier molecular flexibility index (Phi) is 4.66. The minimum absolute atomic E-state index is 0.531. The van der Waals surface area contributed by atoms with Crippen LogP contribution in [0.15, 0.2) is 0 Å². The van der Waals surface area contributed by atoms with E-state index in [4.69, 9.17) is 18.9 Å². The van der Waals surface area contributed by atoms with Crippen LogP contribution in [0.2, 0.25) is 0 Å². The lowest BCUT2D eigenvalue weighted by molar-refractivity contribution is -0.194. The van der Waals surface area contributed by atoms with Crippen molar-refractivity contribution in [1.29, 1.82) is 0 Å². The van der Waals surface area contributed by atoms with E-state index in [0.29, 0.717) is 0 Å². The van der Waals surface area contributed by atoms with E-state index in [2.05, 4.69) is 0 Å². The Morgan fingerprint density at radius 2 is 1.28 bits per heavy atom. The quantitative estimate of drug-likeness (QED) is 0.527. The fraction of sp³-hybridized carbons (Fsp3) is 0.727. The van der Waals surface area contributed by atoms with Gasteiger partial charge in [0.2, 0.25) is 12.4 Å². The summed E-state index contributed by atoms with van der Waals surface area (Å²) in [5, 5.41) is 0. The molecule has 0 N–H and O–H groups in total. The number of carbonyl (C=O) groups excluding carboxylic acids is 3. The van der Waals surface area contributed by atoms with E-state index in [9.17, 15) is 14.4 Å². The second-order valence-electron chi connectivity index (χ2n) is 3.97. The van der Waals surface area contributed by atoms with Gasteiger partial charge in [0.05, 0.1) is 6.10 Å². The first-order chi connectivity index (χ1) is 8.31. The molecule has 0 aromatic rings. The summed E-state index contributed by atoms with van der Waals surface area (Å²) in [6.07, 6.45) is -3.35. The second kappa shape index (κ2) is 5.81. The topological polar surface area (TPSA) is 88.1 Å². The van der Waals surface area contributed by atoms with Crippen LogP contribution in [-0.4, -0.2) is 42.5 Å². The maximum Gasteiger partial charge on any atom is 0.305 e. The van der Waals surface area contributed by atoms with Crippen molar-refractivity contribution in [2.75, 3.05) is 0 Å². The number of rotatable bonds is 3. The van der Waals surface area contributed by atoms with Gasteiger partial charge in [0.25, 0.3) is 0 Å². The number of hydrogen-bond donors (Lipinski definition) is 0. The maximum absolute atomic E-state index is 11.0. The Morgan fingerprint density at radius 3 is 1.72 bits per heavy atom. The first kappa shape index (κ1) is 14.4. The lowest BCUT2D eigenvalue weighted by Gasteiger charge is -2.22. The zero-order chi connectivity index (χ0) is 13.9. The van der Waals surface area contributed by atoms with E-state index in [1.54, 1.807) is 6.92 Å². The predicted molar refractivity (Wildman–Crippen MR) is 57.2 cm³/mol. The molecule has 0 bridgehead atoms. The molecule has 1 aliphatic heterocycles. The summed E-state index contributed by atoms with van der Waals surface area (Å²) in [4.78, 5) is 32.9. The molecule has 4 atom stereocenters. The zero-order valence-electron chi connectivity index (χ0n) is 10.7. The van der Waals surface area contributed by atoms with Crippen molar-refractivity contribution in [3.05, 3.63) is 0 Å². The molecule has 102 valence electrons. The predicted octanol–water partition coefficient (Wildman–Crippen LogP) is 0.158. The van der Waals surface area contributed by atoms with E-state index >= 15 is 0 Å². The van der Waals surface area contributed by atoms with Crippen molar-refractivity contribution in [1.82, 2.24) is 0 Å². The smallest absolute Gasteiger partial charge is 0.305 e. The van der Waals surface area contributed by atoms with Crippen LogP contribution in [0.4, 0.5) is 0 Å². The number of carbonyl (C=O) groups is 3. The Bertz CT molecular complexity index is 351. The van der Waals surface area contributed by atoms with Gasteiger partial charge in [0, 0.05) is 20.8 Å². The molecule has 0 radical (unpaired) electrons. The first-order valence-electron chi connectivity index (χ1n) is 5.48. The van der Waals surface area contributed by atoms with E-state index < -0.39 is 42.5 Å². The highest BCUT2D eigenvalue weighted by atomic mass is 16.7. The van der Waals surface area contributed by atoms with Gasteiger partial charge in [-0.15, -0.1) is 0 Å². The standard InChI is InChI=1S/C11H16O7/c1-5-9(16-6(2)12)10(17-7(3)13)11(15-5)18-8(4)14/h5,9-11H,1-4H3/t5-,9+,10?,11+/m1/s1. The molecule has 1 fully saturated rings. The molecule has 1 unspecified atom stereocenters. The lowest BCUT2D eigenvalue weighted by Crippen LogP contribution is -2.40. The second-order valence-corrected chi connectivity index (χ2v) is 3.97. The van der Waals surface area contributed by atoms with Crippen LogP contribution in [0.1, 0.15) is 27.7 Å². The van der Waals surface area contributed by atoms with Crippen LogP contribution in [0.3, 0.4) is 0 Å². The molecular formula is C11H16O7. The van der Waals surface area contributed by atoms with Gasteiger partial charge in [-0.25, -0.2) is 0 Å². The summed E-state index contributed by atoms with van der Waals surface area (Å²) in [5.74, 6) is -1.68. The van der Waals surface area contributed by atoms with E-state index in [1.807, 2.05) is 0 Å². The third-order valence-corrected chi connectivity index (χ3v) is 2.29. The Hall–Kier alpha value is -1.63. The highest BCUT2D eigenvalue weighted by Gasteiger charge is 2.49. The molecule has 0 aromatic heterocycles. The summed E-state index contributed by atoms with van der Waals surface area (Å²) in [7, 11) is 0. The number of esters is 3. The molecular weight excluding hydrogens is 244 g/mol. The molecule has 18 heavy (non-hydrogen) atoms. The van der Waals surface area contributed by atoms with Crippen LogP contribution in [-0.2, 0) is 33.3 Å². The van der Waals surface area contributed by atoms with Gasteiger partial charge in [0.1, 0.15) is 0 Å². The van der Waals surface area contributed by atoms with Crippen LogP contribution in [0.5, 0.6) is 0 Å². The molecule has 0 aliphatic carbocycles. The molecule has 0 aromatic carbocycles. The highest BCUT2D eigenvalue weighted by molar-refractivity contribution is 5.68. The summed E-state index contributed by atoms with van der Waals surface area (Å²) in [6, 6.07) is 0. The van der Waals surface area contributed by atoms with Crippen molar-refractivity contribution < 1.29 is 33.3 Å². The number of ether oxygens (including phenoxy) is 4. The van der Waals surface area contributed by atoms with Crippen LogP contribution in [0, 0.1) is 0 Å². The van der Waals surface area contributed by atoms with Crippen molar-refractivity contribution in [2.24, 2.45) is 0 Å². The molecule has 7 heteroatoms. The van der Waals surface area contributed by atoms with E-state index in [1.165, 1.54) is 20.8 Å². The minimum Gasteiger partial charge on any atom is -0.456 e. The lowest BCUT2D eigenvalue weighted by atomic mass is 10.1. The van der Waals surface area contributed by atoms with Crippen molar-refractivity contribution in [3.8, 4) is 0 Å². The maximum atomic E-state index is 11.0. The normalized spacial score (nSPS) is 30.7. The first-order valence-corrected chi connectivity index (χ1v) is 5.48. The zero-order valence-corrected chi connectivity index (χ0v) is 10.7. The summed E-state index contributed by atoms with van der Waals surface area (Å²) < 4.78 is 20.2. The van der Waals surface area contributed by atoms with E-state index in [-0.39, 0.29) is 0 Å². The van der Waals surface area contributed by atoms with Crippen LogP contribution in [0.25, 0.3) is 0 Å². The van der Waals surface area contributed by atoms with Gasteiger partial charge in [-0.3, -0.25) is 14.4 Å². The molecule has 1 aliphatic rings. The Morgan fingerprint density at radius 1 is 0.833 bits per heavy atom. The fourth-order valence-electron chi connectivity index (χ4n) is 1.72. The van der Waals surface area contributed by atoms with Crippen molar-refractivity contribution in [3.63, 3.8) is 0 Å². The third-order valence-electron chi connectivity index (χ3n) is 2.29. The summed E-state index contributed by atoms with van der Waals surface area (Å²) >= 11 is 0. The van der Waals surface area contributed by atoms with Gasteiger partial charge in [-0.1, -0.05) is 0 Å². The van der Waals surface area contributed by atoms with Crippen LogP contribution < -0.4 is 0 Å². The van der Waals surface area contributed by atoms with Gasteiger partial charge in [-0.2, -0.15) is 0 Å². The van der Waals surface area contributed by atoms with Crippen LogP contribution >= 0.6 is 0 Å². The highest BCUT2D eigenvalue weighted by Crippen LogP contribution is 2.27. The Balaban J connectivity index is 2.83. The number of hydrogen-bond acceptors (Lipinski definition) is 7. The summed E-state index contributed by atoms with van der Waals surface area (Å²) in [6.45, 7) is 5.28. The molecule has 0 saturated carbocycles. The molecule has 0 spiro atoms. The van der Waals surface area contributed by atoms with Gasteiger partial charge in [-0.05, 0) is 6.92 Å². The third kappa shape index (κ3) is 3.69. The Labute approximate surface area is 104 Å². The SMILES string of the molecule is CC(=O)OC1[C@H](OC(C)=O)O[C@H](C)[C@@H]1OC(C)=O. The average Bonchev–Trinajstić information content (AvgIpc) is 2.43. The minimum atomic E-state index is -1.06. The average molecular weight is 260 g/mol. The summed E-state index contributed by atoms with van der Waals surface area (Å²) in [5.41, 5.74) is 0. The molecule has 1 heterocycles. The van der Waals surface area contributed by atoms with Crippen molar-refractivity contribution in [2.45, 2.75) is 52.3 Å².